The Morgan fingerprint density at radius 2 is 2.05 bits per heavy atom. The molecule has 6 nitrogen and oxygen atoms in total. The second-order valence-electron chi connectivity index (χ2n) is 4.79. The lowest BCUT2D eigenvalue weighted by Gasteiger charge is -2.13. The van der Waals surface area contributed by atoms with Crippen LogP contribution in [0.25, 0.3) is 16.7 Å². The molecule has 0 aliphatic heterocycles. The van der Waals surface area contributed by atoms with Crippen LogP contribution in [0.2, 0.25) is 5.15 Å². The van der Waals surface area contributed by atoms with Gasteiger partial charge in [-0.2, -0.15) is 0 Å². The quantitative estimate of drug-likeness (QED) is 0.694. The maximum atomic E-state index is 13.6. The summed E-state index contributed by atoms with van der Waals surface area (Å²) in [7, 11) is 0. The molecule has 112 valence electrons. The van der Waals surface area contributed by atoms with Gasteiger partial charge in [-0.25, -0.2) is 18.7 Å². The summed E-state index contributed by atoms with van der Waals surface area (Å²) in [6.07, 6.45) is 1.60. The number of fused-ring (bicyclic) bond motifs is 1. The normalized spacial score (nSPS) is 11.1. The summed E-state index contributed by atoms with van der Waals surface area (Å²) in [5.74, 6) is -0.829. The predicted octanol–water partition coefficient (Wildman–Crippen LogP) is 1.88. The van der Waals surface area contributed by atoms with Crippen LogP contribution >= 0.6 is 11.6 Å². The molecule has 0 bridgehead atoms. The van der Waals surface area contributed by atoms with E-state index in [9.17, 15) is 14.0 Å². The van der Waals surface area contributed by atoms with E-state index in [-0.39, 0.29) is 11.0 Å². The zero-order valence-corrected chi connectivity index (χ0v) is 12.4. The zero-order chi connectivity index (χ0) is 16.0. The molecule has 0 radical (unpaired) electrons. The van der Waals surface area contributed by atoms with Gasteiger partial charge in [0.05, 0.1) is 16.8 Å². The smallest absolute Gasteiger partial charge is 0.273 e. The van der Waals surface area contributed by atoms with Crippen molar-refractivity contribution in [2.24, 2.45) is 0 Å². The van der Waals surface area contributed by atoms with E-state index in [4.69, 9.17) is 11.6 Å². The third-order valence-corrected chi connectivity index (χ3v) is 3.59. The van der Waals surface area contributed by atoms with Crippen molar-refractivity contribution in [1.82, 2.24) is 19.5 Å². The summed E-state index contributed by atoms with van der Waals surface area (Å²) in [5.41, 5.74) is 0.372. The van der Waals surface area contributed by atoms with Crippen molar-refractivity contribution in [3.63, 3.8) is 0 Å². The average Bonchev–Trinajstić information content (AvgIpc) is 2.44. The third-order valence-electron chi connectivity index (χ3n) is 3.33. The molecule has 22 heavy (non-hydrogen) atoms. The molecule has 0 atom stereocenters. The molecule has 8 heteroatoms. The fraction of sp³-hybridized carbons (Fsp3) is 0.143. The first-order valence-corrected chi connectivity index (χ1v) is 6.71. The molecule has 0 saturated carbocycles. The van der Waals surface area contributed by atoms with E-state index in [0.717, 1.165) is 11.6 Å². The van der Waals surface area contributed by atoms with Gasteiger partial charge in [-0.15, -0.1) is 0 Å². The number of halogens is 2. The lowest BCUT2D eigenvalue weighted by Crippen LogP contribution is -2.31. The SMILES string of the molecule is Cc1ccnc(C)c1-n1c(=O)[nH]c(=O)c2cc(F)c(Cl)nc21. The van der Waals surface area contributed by atoms with Crippen LogP contribution in [0.4, 0.5) is 4.39 Å². The van der Waals surface area contributed by atoms with E-state index in [1.54, 1.807) is 26.1 Å². The molecule has 3 rings (SSSR count). The first-order chi connectivity index (χ1) is 10.4. The van der Waals surface area contributed by atoms with Crippen molar-refractivity contribution in [2.45, 2.75) is 13.8 Å². The van der Waals surface area contributed by atoms with Crippen LogP contribution in [0.1, 0.15) is 11.3 Å². The first kappa shape index (κ1) is 14.4. The van der Waals surface area contributed by atoms with Crippen LogP contribution in [-0.4, -0.2) is 19.5 Å². The summed E-state index contributed by atoms with van der Waals surface area (Å²) in [5, 5.41) is -0.477. The summed E-state index contributed by atoms with van der Waals surface area (Å²) in [6.45, 7) is 3.51. The second kappa shape index (κ2) is 5.03. The van der Waals surface area contributed by atoms with Crippen molar-refractivity contribution < 1.29 is 4.39 Å². The molecule has 0 amide bonds. The van der Waals surface area contributed by atoms with Gasteiger partial charge in [0.1, 0.15) is 0 Å². The molecule has 1 N–H and O–H groups in total. The Hall–Kier alpha value is -2.54. The van der Waals surface area contributed by atoms with Crippen molar-refractivity contribution in [1.29, 1.82) is 0 Å². The van der Waals surface area contributed by atoms with Crippen molar-refractivity contribution >= 4 is 22.6 Å². The number of hydrogen-bond donors (Lipinski definition) is 1. The Morgan fingerprint density at radius 3 is 2.73 bits per heavy atom. The lowest BCUT2D eigenvalue weighted by atomic mass is 10.2. The van der Waals surface area contributed by atoms with Gasteiger partial charge in [0.25, 0.3) is 5.56 Å². The van der Waals surface area contributed by atoms with Gasteiger partial charge in [-0.1, -0.05) is 11.6 Å². The Labute approximate surface area is 128 Å². The number of hydrogen-bond acceptors (Lipinski definition) is 4. The summed E-state index contributed by atoms with van der Waals surface area (Å²) in [4.78, 5) is 34.3. The number of pyridine rings is 2. The van der Waals surface area contributed by atoms with Gasteiger partial charge >= 0.3 is 5.69 Å². The van der Waals surface area contributed by atoms with Crippen LogP contribution in [0.3, 0.4) is 0 Å². The largest absolute Gasteiger partial charge is 0.334 e. The molecule has 0 saturated heterocycles. The fourth-order valence-corrected chi connectivity index (χ4v) is 2.48. The minimum Gasteiger partial charge on any atom is -0.273 e. The molecule has 3 aromatic heterocycles. The van der Waals surface area contributed by atoms with E-state index in [0.29, 0.717) is 11.4 Å². The minimum absolute atomic E-state index is 0.0145. The van der Waals surface area contributed by atoms with Crippen LogP contribution in [0.15, 0.2) is 27.9 Å². The van der Waals surface area contributed by atoms with Crippen LogP contribution in [0.5, 0.6) is 0 Å². The van der Waals surface area contributed by atoms with Crippen LogP contribution in [0, 0.1) is 19.7 Å². The Kier molecular flexibility index (Phi) is 3.29. The molecule has 0 aliphatic carbocycles. The van der Waals surface area contributed by atoms with Gasteiger partial charge in [0, 0.05) is 6.20 Å². The number of rotatable bonds is 1. The highest BCUT2D eigenvalue weighted by atomic mass is 35.5. The molecule has 0 aromatic carbocycles. The van der Waals surface area contributed by atoms with Gasteiger partial charge in [-0.3, -0.25) is 14.8 Å². The third kappa shape index (κ3) is 2.10. The minimum atomic E-state index is -0.829. The van der Waals surface area contributed by atoms with E-state index >= 15 is 0 Å². The molecule has 0 unspecified atom stereocenters. The highest BCUT2D eigenvalue weighted by Gasteiger charge is 2.17. The molecular weight excluding hydrogens is 311 g/mol. The summed E-state index contributed by atoms with van der Waals surface area (Å²) < 4.78 is 14.8. The molecule has 0 fully saturated rings. The highest BCUT2D eigenvalue weighted by molar-refractivity contribution is 6.29. The lowest BCUT2D eigenvalue weighted by molar-refractivity contribution is 0.623. The predicted molar refractivity (Wildman–Crippen MR) is 80.2 cm³/mol. The molecule has 3 heterocycles. The monoisotopic (exact) mass is 320 g/mol. The number of nitrogens with zero attached hydrogens (tertiary/aromatic N) is 3. The fourth-order valence-electron chi connectivity index (χ4n) is 2.34. The number of aromatic amines is 1. The number of H-pyrrole nitrogens is 1. The molecule has 0 aliphatic rings. The topological polar surface area (TPSA) is 80.6 Å². The zero-order valence-electron chi connectivity index (χ0n) is 11.6. The van der Waals surface area contributed by atoms with E-state index in [2.05, 4.69) is 15.0 Å². The van der Waals surface area contributed by atoms with Crippen molar-refractivity contribution in [2.75, 3.05) is 0 Å². The van der Waals surface area contributed by atoms with Crippen LogP contribution < -0.4 is 11.2 Å². The van der Waals surface area contributed by atoms with E-state index < -0.39 is 22.2 Å². The second-order valence-corrected chi connectivity index (χ2v) is 5.15. The van der Waals surface area contributed by atoms with Gasteiger partial charge in [-0.05, 0) is 31.5 Å². The highest BCUT2D eigenvalue weighted by Crippen LogP contribution is 2.21. The Balaban J connectivity index is 2.58. The summed E-state index contributed by atoms with van der Waals surface area (Å²) >= 11 is 5.70. The standard InChI is InChI=1S/C14H10ClFN4O2/c1-6-3-4-17-7(2)10(6)20-12-8(13(21)19-14(20)22)5-9(16)11(15)18-12/h3-5H,1-2H3,(H,19,21,22). The van der Waals surface area contributed by atoms with E-state index in [1.165, 1.54) is 4.57 Å². The van der Waals surface area contributed by atoms with Gasteiger partial charge < -0.3 is 0 Å². The average molecular weight is 321 g/mol. The Bertz CT molecular complexity index is 1010. The molecule has 0 spiro atoms. The number of nitrogens with one attached hydrogen (secondary N) is 1. The first-order valence-electron chi connectivity index (χ1n) is 6.34. The Morgan fingerprint density at radius 1 is 1.32 bits per heavy atom. The van der Waals surface area contributed by atoms with Crippen molar-refractivity contribution in [3.8, 4) is 5.69 Å². The van der Waals surface area contributed by atoms with Gasteiger partial charge in [0.15, 0.2) is 16.6 Å². The number of aryl methyl sites for hydroxylation is 2. The maximum Gasteiger partial charge on any atom is 0.334 e. The van der Waals surface area contributed by atoms with Crippen molar-refractivity contribution in [3.05, 3.63) is 61.4 Å². The van der Waals surface area contributed by atoms with Crippen LogP contribution in [-0.2, 0) is 0 Å². The van der Waals surface area contributed by atoms with Gasteiger partial charge in [0.2, 0.25) is 0 Å². The maximum absolute atomic E-state index is 13.6. The molecule has 3 aromatic rings. The number of aromatic nitrogens is 4. The molecular formula is C14H10ClFN4O2. The summed E-state index contributed by atoms with van der Waals surface area (Å²) in [6, 6.07) is 2.68. The van der Waals surface area contributed by atoms with E-state index in [1.807, 2.05) is 0 Å².